The molecule has 8 atom stereocenters. The highest BCUT2D eigenvalue weighted by atomic mass is 16.2. The number of fused-ring (bicyclic) bond motifs is 3. The van der Waals surface area contributed by atoms with Crippen molar-refractivity contribution in [3.63, 3.8) is 0 Å². The molecule has 1 heterocycles. The predicted octanol–water partition coefficient (Wildman–Crippen LogP) is 3.23. The second kappa shape index (κ2) is 8.64. The van der Waals surface area contributed by atoms with E-state index in [1.807, 2.05) is 37.3 Å². The van der Waals surface area contributed by atoms with Gasteiger partial charge in [0, 0.05) is 19.5 Å². The number of hydrogen-bond acceptors (Lipinski definition) is 4. The number of benzene rings is 1. The van der Waals surface area contributed by atoms with Crippen LogP contribution in [0.3, 0.4) is 0 Å². The van der Waals surface area contributed by atoms with Crippen molar-refractivity contribution in [2.24, 2.45) is 47.3 Å². The molecule has 0 radical (unpaired) electrons. The van der Waals surface area contributed by atoms with Gasteiger partial charge in [-0.1, -0.05) is 49.4 Å². The lowest BCUT2D eigenvalue weighted by Gasteiger charge is -2.28. The number of hydrogen-bond donors (Lipinski definition) is 0. The number of aldehydes is 1. The van der Waals surface area contributed by atoms with Gasteiger partial charge in [0.05, 0.1) is 24.3 Å². The molecule has 1 aromatic rings. The number of likely N-dealkylation sites (tertiary alicyclic amines) is 1. The topological polar surface area (TPSA) is 74.8 Å². The highest BCUT2D eigenvalue weighted by molar-refractivity contribution is 6.05. The quantitative estimate of drug-likeness (QED) is 0.356. The van der Waals surface area contributed by atoms with Gasteiger partial charge in [-0.3, -0.25) is 19.3 Å². The molecule has 8 unspecified atom stereocenters. The molecule has 6 nitrogen and oxygen atoms in total. The Kier molecular flexibility index (Phi) is 5.78. The highest BCUT2D eigenvalue weighted by Crippen LogP contribution is 2.49. The summed E-state index contributed by atoms with van der Waals surface area (Å²) in [5.41, 5.74) is 1.81. The molecule has 2 bridgehead atoms. The molecule has 3 amide bonds. The van der Waals surface area contributed by atoms with Crippen LogP contribution in [0.25, 0.3) is 0 Å². The summed E-state index contributed by atoms with van der Waals surface area (Å²) in [7, 11) is 1.78. The van der Waals surface area contributed by atoms with E-state index in [1.165, 1.54) is 4.90 Å². The number of allylic oxidation sites excluding steroid dienone is 3. The Balaban J connectivity index is 1.27. The maximum absolute atomic E-state index is 13.2. The van der Waals surface area contributed by atoms with Crippen molar-refractivity contribution < 1.29 is 19.2 Å². The van der Waals surface area contributed by atoms with Crippen LogP contribution in [0, 0.1) is 47.3 Å². The fourth-order valence-electron chi connectivity index (χ4n) is 6.95. The Morgan fingerprint density at radius 3 is 2.56 bits per heavy atom. The number of rotatable bonds is 7. The van der Waals surface area contributed by atoms with E-state index in [2.05, 4.69) is 18.7 Å². The van der Waals surface area contributed by atoms with Crippen LogP contribution in [0.1, 0.15) is 30.9 Å². The number of amides is 3. The van der Waals surface area contributed by atoms with Crippen LogP contribution in [0.5, 0.6) is 0 Å². The molecule has 34 heavy (non-hydrogen) atoms. The number of carbonyl (C=O) groups is 4. The lowest BCUT2D eigenvalue weighted by molar-refractivity contribution is -0.141. The first-order valence-corrected chi connectivity index (χ1v) is 12.3. The second-order valence-electron chi connectivity index (χ2n) is 10.6. The van der Waals surface area contributed by atoms with Crippen LogP contribution in [0.2, 0.25) is 0 Å². The normalized spacial score (nSPS) is 35.6. The zero-order valence-electron chi connectivity index (χ0n) is 19.8. The minimum atomic E-state index is -0.284. The zero-order chi connectivity index (χ0) is 24.1. The molecule has 178 valence electrons. The van der Waals surface area contributed by atoms with Gasteiger partial charge in [-0.25, -0.2) is 0 Å². The van der Waals surface area contributed by atoms with Crippen LogP contribution in [-0.4, -0.2) is 40.9 Å². The number of imide groups is 1. The van der Waals surface area contributed by atoms with E-state index in [-0.39, 0.29) is 71.6 Å². The molecule has 1 aliphatic heterocycles. The lowest BCUT2D eigenvalue weighted by Crippen LogP contribution is -2.38. The average Bonchev–Trinajstić information content (AvgIpc) is 3.57. The van der Waals surface area contributed by atoms with Crippen molar-refractivity contribution in [1.29, 1.82) is 0 Å². The molecule has 1 saturated heterocycles. The van der Waals surface area contributed by atoms with E-state index in [0.29, 0.717) is 6.54 Å². The first-order chi connectivity index (χ1) is 16.3. The first kappa shape index (κ1) is 22.8. The highest BCUT2D eigenvalue weighted by Gasteiger charge is 2.56. The molecule has 0 aromatic heterocycles. The molecule has 6 heteroatoms. The summed E-state index contributed by atoms with van der Waals surface area (Å²) in [6.45, 7) is 6.58. The molecule has 4 aliphatic rings. The standard InChI is InChI=1S/C28H32N2O4/c1-4-19-10-16(2)23-25(19)28(34)30(27(23)33)14-18-7-5-6-17(11-18)13-29(3)26(32)24-21-9-8-20(12-21)22(24)15-31/h4-9,11,15-16,19-25H,1,10,12-14H2,2-3H3. The zero-order valence-corrected chi connectivity index (χ0v) is 19.8. The Labute approximate surface area is 200 Å². The van der Waals surface area contributed by atoms with Gasteiger partial charge in [0.15, 0.2) is 0 Å². The van der Waals surface area contributed by atoms with Crippen molar-refractivity contribution in [1.82, 2.24) is 9.80 Å². The molecule has 0 spiro atoms. The summed E-state index contributed by atoms with van der Waals surface area (Å²) in [6, 6.07) is 7.73. The molecule has 5 rings (SSSR count). The molecule has 1 aromatic carbocycles. The monoisotopic (exact) mass is 460 g/mol. The third-order valence-electron chi connectivity index (χ3n) is 8.60. The van der Waals surface area contributed by atoms with Crippen molar-refractivity contribution in [3.05, 3.63) is 60.2 Å². The Morgan fingerprint density at radius 1 is 1.12 bits per heavy atom. The van der Waals surface area contributed by atoms with E-state index < -0.39 is 0 Å². The van der Waals surface area contributed by atoms with Crippen molar-refractivity contribution in [2.45, 2.75) is 32.9 Å². The smallest absolute Gasteiger partial charge is 0.234 e. The van der Waals surface area contributed by atoms with Crippen LogP contribution < -0.4 is 0 Å². The van der Waals surface area contributed by atoms with Gasteiger partial charge in [-0.15, -0.1) is 6.58 Å². The van der Waals surface area contributed by atoms with E-state index in [1.54, 1.807) is 11.9 Å². The number of carbonyl (C=O) groups excluding carboxylic acids is 4. The maximum Gasteiger partial charge on any atom is 0.234 e. The van der Waals surface area contributed by atoms with Crippen molar-refractivity contribution in [2.75, 3.05) is 7.05 Å². The summed E-state index contributed by atoms with van der Waals surface area (Å²) >= 11 is 0. The largest absolute Gasteiger partial charge is 0.341 e. The molecule has 3 aliphatic carbocycles. The van der Waals surface area contributed by atoms with Gasteiger partial charge in [0.1, 0.15) is 6.29 Å². The predicted molar refractivity (Wildman–Crippen MR) is 127 cm³/mol. The Bertz CT molecular complexity index is 1080. The minimum absolute atomic E-state index is 0.00142. The third kappa shape index (κ3) is 3.55. The van der Waals surface area contributed by atoms with Gasteiger partial charge in [-0.05, 0) is 47.6 Å². The SMILES string of the molecule is C=CC1CC(C)C2C(=O)N(Cc3cccc(CN(C)C(=O)C4C5C=CC(C5)C4C=O)c3)C(=O)C12. The molecule has 2 saturated carbocycles. The minimum Gasteiger partial charge on any atom is -0.341 e. The fraction of sp³-hybridized carbons (Fsp3) is 0.500. The van der Waals surface area contributed by atoms with Gasteiger partial charge in [0.2, 0.25) is 17.7 Å². The summed E-state index contributed by atoms with van der Waals surface area (Å²) < 4.78 is 0. The molecule has 3 fully saturated rings. The van der Waals surface area contributed by atoms with Crippen LogP contribution in [-0.2, 0) is 32.3 Å². The summed E-state index contributed by atoms with van der Waals surface area (Å²) in [6.07, 6.45) is 8.65. The first-order valence-electron chi connectivity index (χ1n) is 12.3. The maximum atomic E-state index is 13.2. The van der Waals surface area contributed by atoms with Gasteiger partial charge < -0.3 is 9.69 Å². The Hall–Kier alpha value is -3.02. The van der Waals surface area contributed by atoms with Gasteiger partial charge >= 0.3 is 0 Å². The summed E-state index contributed by atoms with van der Waals surface area (Å²) in [5.74, 6) is -0.635. The van der Waals surface area contributed by atoms with Crippen LogP contribution >= 0.6 is 0 Å². The molecule has 0 N–H and O–H groups in total. The van der Waals surface area contributed by atoms with E-state index in [0.717, 1.165) is 30.3 Å². The Morgan fingerprint density at radius 2 is 1.82 bits per heavy atom. The van der Waals surface area contributed by atoms with Crippen LogP contribution in [0.4, 0.5) is 0 Å². The summed E-state index contributed by atoms with van der Waals surface area (Å²) in [5, 5.41) is 0. The van der Waals surface area contributed by atoms with Crippen LogP contribution in [0.15, 0.2) is 49.1 Å². The molecular formula is C28H32N2O4. The second-order valence-corrected chi connectivity index (χ2v) is 10.6. The number of nitrogens with zero attached hydrogens (tertiary/aromatic N) is 2. The summed E-state index contributed by atoms with van der Waals surface area (Å²) in [4.78, 5) is 54.1. The van der Waals surface area contributed by atoms with E-state index in [9.17, 15) is 19.2 Å². The van der Waals surface area contributed by atoms with Gasteiger partial charge in [0.25, 0.3) is 0 Å². The van der Waals surface area contributed by atoms with E-state index >= 15 is 0 Å². The average molecular weight is 461 g/mol. The van der Waals surface area contributed by atoms with E-state index in [4.69, 9.17) is 0 Å². The van der Waals surface area contributed by atoms with Crippen molar-refractivity contribution in [3.8, 4) is 0 Å². The third-order valence-corrected chi connectivity index (χ3v) is 8.60. The lowest BCUT2D eigenvalue weighted by atomic mass is 9.83. The van der Waals surface area contributed by atoms with Crippen molar-refractivity contribution >= 4 is 24.0 Å². The fourth-order valence-corrected chi connectivity index (χ4v) is 6.95. The molecular weight excluding hydrogens is 428 g/mol. The van der Waals surface area contributed by atoms with Gasteiger partial charge in [-0.2, -0.15) is 0 Å².